The number of halogens is 1. The summed E-state index contributed by atoms with van der Waals surface area (Å²) >= 11 is 6.14. The monoisotopic (exact) mass is 438 g/mol. The third-order valence-corrected chi connectivity index (χ3v) is 7.21. The Labute approximate surface area is 179 Å². The van der Waals surface area contributed by atoms with E-state index in [0.29, 0.717) is 18.4 Å². The van der Waals surface area contributed by atoms with Gasteiger partial charge in [-0.1, -0.05) is 29.8 Å². The van der Waals surface area contributed by atoms with Gasteiger partial charge in [-0.15, -0.1) is 0 Å². The first-order valence-electron chi connectivity index (χ1n) is 9.41. The number of fused-ring (bicyclic) bond motifs is 1. The van der Waals surface area contributed by atoms with E-state index in [1.165, 1.54) is 6.07 Å². The lowest BCUT2D eigenvalue weighted by atomic mass is 10.0. The van der Waals surface area contributed by atoms with Crippen molar-refractivity contribution in [1.29, 1.82) is 0 Å². The SMILES string of the molecule is Cc1ccc(S(=O)(=O)c2ccc(CCC(=O)c3ccc4nccn4c3)cc2)c(Cl)c1. The van der Waals surface area contributed by atoms with E-state index < -0.39 is 9.84 Å². The summed E-state index contributed by atoms with van der Waals surface area (Å²) in [6.07, 6.45) is 6.10. The first-order chi connectivity index (χ1) is 14.3. The number of imidazole rings is 1. The molecule has 0 aliphatic rings. The molecule has 0 spiro atoms. The summed E-state index contributed by atoms with van der Waals surface area (Å²) < 4.78 is 27.5. The number of hydrogen-bond donors (Lipinski definition) is 0. The van der Waals surface area contributed by atoms with Crippen molar-refractivity contribution in [3.05, 3.63) is 94.9 Å². The number of hydrogen-bond acceptors (Lipinski definition) is 4. The number of ketones is 1. The number of pyridine rings is 1. The number of benzene rings is 2. The zero-order valence-electron chi connectivity index (χ0n) is 16.2. The number of rotatable bonds is 6. The second kappa shape index (κ2) is 8.05. The first kappa shape index (κ1) is 20.3. The van der Waals surface area contributed by atoms with Gasteiger partial charge in [0.05, 0.1) is 14.8 Å². The summed E-state index contributed by atoms with van der Waals surface area (Å²) in [5.74, 6) is 0.0220. The van der Waals surface area contributed by atoms with E-state index in [2.05, 4.69) is 4.98 Å². The maximum Gasteiger partial charge on any atom is 0.208 e. The number of Topliss-reactive ketones (excluding diaryl/α,β-unsaturated/α-hetero) is 1. The highest BCUT2D eigenvalue weighted by atomic mass is 35.5. The van der Waals surface area contributed by atoms with Crippen LogP contribution in [0.25, 0.3) is 5.65 Å². The van der Waals surface area contributed by atoms with Crippen molar-refractivity contribution >= 4 is 32.9 Å². The topological polar surface area (TPSA) is 68.5 Å². The minimum absolute atomic E-state index is 0.0220. The molecule has 7 heteroatoms. The van der Waals surface area contributed by atoms with Crippen molar-refractivity contribution in [2.45, 2.75) is 29.6 Å². The summed E-state index contributed by atoms with van der Waals surface area (Å²) in [6, 6.07) is 15.1. The van der Waals surface area contributed by atoms with E-state index in [-0.39, 0.29) is 20.6 Å². The number of nitrogens with zero attached hydrogens (tertiary/aromatic N) is 2. The number of aromatic nitrogens is 2. The van der Waals surface area contributed by atoms with Crippen LogP contribution in [0.4, 0.5) is 0 Å². The van der Waals surface area contributed by atoms with Crippen LogP contribution in [0.1, 0.15) is 27.9 Å². The molecule has 0 aliphatic heterocycles. The largest absolute Gasteiger partial charge is 0.306 e. The van der Waals surface area contributed by atoms with Gasteiger partial charge in [-0.25, -0.2) is 13.4 Å². The normalized spacial score (nSPS) is 11.7. The highest BCUT2D eigenvalue weighted by molar-refractivity contribution is 7.91. The van der Waals surface area contributed by atoms with E-state index >= 15 is 0 Å². The molecule has 152 valence electrons. The highest BCUT2D eigenvalue weighted by Crippen LogP contribution is 2.28. The summed E-state index contributed by atoms with van der Waals surface area (Å²) in [5, 5.41) is 0.208. The molecule has 4 rings (SSSR count). The van der Waals surface area contributed by atoms with Crippen LogP contribution >= 0.6 is 11.6 Å². The Hall–Kier alpha value is -2.96. The van der Waals surface area contributed by atoms with Gasteiger partial charge in [-0.3, -0.25) is 4.79 Å². The summed E-state index contributed by atoms with van der Waals surface area (Å²) in [7, 11) is -3.70. The Kier molecular flexibility index (Phi) is 5.45. The summed E-state index contributed by atoms with van der Waals surface area (Å²) in [4.78, 5) is 16.9. The van der Waals surface area contributed by atoms with Gasteiger partial charge in [0.15, 0.2) is 5.78 Å². The van der Waals surface area contributed by atoms with Crippen LogP contribution < -0.4 is 0 Å². The second-order valence-electron chi connectivity index (χ2n) is 7.11. The molecule has 2 aromatic carbocycles. The molecule has 0 radical (unpaired) electrons. The van der Waals surface area contributed by atoms with Crippen LogP contribution in [0.2, 0.25) is 5.02 Å². The molecular weight excluding hydrogens is 420 g/mol. The van der Waals surface area contributed by atoms with Gasteiger partial charge in [0.25, 0.3) is 0 Å². The third-order valence-electron chi connectivity index (χ3n) is 4.96. The molecule has 0 saturated carbocycles. The summed E-state index contributed by atoms with van der Waals surface area (Å²) in [6.45, 7) is 1.85. The minimum Gasteiger partial charge on any atom is -0.306 e. The van der Waals surface area contributed by atoms with Crippen molar-refractivity contribution in [2.75, 3.05) is 0 Å². The van der Waals surface area contributed by atoms with Crippen LogP contribution in [0.5, 0.6) is 0 Å². The number of carbonyl (C=O) groups is 1. The minimum atomic E-state index is -3.70. The molecule has 2 aromatic heterocycles. The summed E-state index contributed by atoms with van der Waals surface area (Å²) in [5.41, 5.74) is 3.19. The number of aryl methyl sites for hydroxylation is 2. The zero-order valence-corrected chi connectivity index (χ0v) is 17.8. The first-order valence-corrected chi connectivity index (χ1v) is 11.3. The molecule has 0 aliphatic carbocycles. The average molecular weight is 439 g/mol. The Morgan fingerprint density at radius 1 is 1.07 bits per heavy atom. The van der Waals surface area contributed by atoms with Gasteiger partial charge in [-0.05, 0) is 60.9 Å². The number of carbonyl (C=O) groups excluding carboxylic acids is 1. The Balaban J connectivity index is 1.47. The Morgan fingerprint density at radius 3 is 2.57 bits per heavy atom. The van der Waals surface area contributed by atoms with Gasteiger partial charge < -0.3 is 4.40 Å². The highest BCUT2D eigenvalue weighted by Gasteiger charge is 2.20. The Morgan fingerprint density at radius 2 is 1.83 bits per heavy atom. The van der Waals surface area contributed by atoms with E-state index in [0.717, 1.165) is 16.8 Å². The molecule has 30 heavy (non-hydrogen) atoms. The molecule has 0 unspecified atom stereocenters. The van der Waals surface area contributed by atoms with Crippen molar-refractivity contribution in [1.82, 2.24) is 9.38 Å². The van der Waals surface area contributed by atoms with Crippen molar-refractivity contribution < 1.29 is 13.2 Å². The lowest BCUT2D eigenvalue weighted by Gasteiger charge is -2.08. The van der Waals surface area contributed by atoms with Crippen LogP contribution in [0.15, 0.2) is 83.0 Å². The molecular formula is C23H19ClN2O3S. The molecule has 0 atom stereocenters. The average Bonchev–Trinajstić information content (AvgIpc) is 3.20. The van der Waals surface area contributed by atoms with Crippen LogP contribution in [-0.2, 0) is 16.3 Å². The molecule has 0 N–H and O–H groups in total. The molecule has 0 saturated heterocycles. The van der Waals surface area contributed by atoms with E-state index in [1.54, 1.807) is 61.1 Å². The van der Waals surface area contributed by atoms with Crippen LogP contribution in [-0.4, -0.2) is 23.6 Å². The second-order valence-corrected chi connectivity index (χ2v) is 9.44. The van der Waals surface area contributed by atoms with E-state index in [9.17, 15) is 13.2 Å². The van der Waals surface area contributed by atoms with E-state index in [1.807, 2.05) is 17.4 Å². The smallest absolute Gasteiger partial charge is 0.208 e. The fourth-order valence-electron chi connectivity index (χ4n) is 3.27. The molecule has 2 heterocycles. The number of sulfone groups is 1. The predicted molar refractivity (Wildman–Crippen MR) is 116 cm³/mol. The molecule has 0 fully saturated rings. The fourth-order valence-corrected chi connectivity index (χ4v) is 5.12. The van der Waals surface area contributed by atoms with Crippen molar-refractivity contribution in [3.63, 3.8) is 0 Å². The quantitative estimate of drug-likeness (QED) is 0.399. The Bertz CT molecular complexity index is 1340. The van der Waals surface area contributed by atoms with Gasteiger partial charge in [0, 0.05) is 30.6 Å². The molecule has 0 bridgehead atoms. The molecule has 4 aromatic rings. The van der Waals surface area contributed by atoms with Gasteiger partial charge >= 0.3 is 0 Å². The fraction of sp³-hybridized carbons (Fsp3) is 0.130. The van der Waals surface area contributed by atoms with Gasteiger partial charge in [-0.2, -0.15) is 0 Å². The standard InChI is InChI=1S/C23H19ClN2O3S/c1-16-2-10-22(20(24)14-16)30(28,29)19-7-3-17(4-8-19)5-9-21(27)18-6-11-23-25-12-13-26(23)15-18/h2-4,6-8,10-15H,5,9H2,1H3. The van der Waals surface area contributed by atoms with Gasteiger partial charge in [0.2, 0.25) is 9.84 Å². The van der Waals surface area contributed by atoms with Crippen LogP contribution in [0.3, 0.4) is 0 Å². The van der Waals surface area contributed by atoms with Crippen LogP contribution in [0, 0.1) is 6.92 Å². The van der Waals surface area contributed by atoms with Crippen molar-refractivity contribution in [3.8, 4) is 0 Å². The maximum absolute atomic E-state index is 12.9. The lowest BCUT2D eigenvalue weighted by Crippen LogP contribution is -2.04. The zero-order chi connectivity index (χ0) is 21.3. The predicted octanol–water partition coefficient (Wildman–Crippen LogP) is 4.94. The lowest BCUT2D eigenvalue weighted by molar-refractivity contribution is 0.0982. The molecule has 5 nitrogen and oxygen atoms in total. The van der Waals surface area contributed by atoms with E-state index in [4.69, 9.17) is 11.6 Å². The molecule has 0 amide bonds. The maximum atomic E-state index is 12.9. The third kappa shape index (κ3) is 4.01. The van der Waals surface area contributed by atoms with Gasteiger partial charge in [0.1, 0.15) is 5.65 Å². The van der Waals surface area contributed by atoms with Crippen molar-refractivity contribution in [2.24, 2.45) is 0 Å².